The molecule has 0 atom stereocenters. The van der Waals surface area contributed by atoms with Gasteiger partial charge in [-0.05, 0) is 12.8 Å². The van der Waals surface area contributed by atoms with Crippen molar-refractivity contribution in [1.29, 1.82) is 0 Å². The molecule has 0 saturated carbocycles. The Morgan fingerprint density at radius 1 is 0.909 bits per heavy atom. The third kappa shape index (κ3) is 10.6. The minimum absolute atomic E-state index is 0.00961. The number of carbonyl (C=O) groups excluding carboxylic acids is 2. The van der Waals surface area contributed by atoms with Crippen LogP contribution in [0.25, 0.3) is 0 Å². The standard InChI is InChI=1S/C18H36N2O2/c1-6-7-8-9-10-11-14-20(17(22)18(3,4)5)15-12-13-19-16(2)21/h6-15H2,1-5H3,(H,19,21). The van der Waals surface area contributed by atoms with Gasteiger partial charge in [0.15, 0.2) is 0 Å². The lowest BCUT2D eigenvalue weighted by atomic mass is 9.94. The first-order chi connectivity index (χ1) is 10.3. The molecule has 4 heteroatoms. The molecule has 0 bridgehead atoms. The van der Waals surface area contributed by atoms with Crippen molar-refractivity contribution in [3.63, 3.8) is 0 Å². The Morgan fingerprint density at radius 3 is 2.00 bits per heavy atom. The molecule has 4 nitrogen and oxygen atoms in total. The molecule has 0 radical (unpaired) electrons. The van der Waals surface area contributed by atoms with Crippen LogP contribution in [-0.2, 0) is 9.59 Å². The predicted molar refractivity (Wildman–Crippen MR) is 92.7 cm³/mol. The average Bonchev–Trinajstić information content (AvgIpc) is 2.42. The van der Waals surface area contributed by atoms with Crippen LogP contribution in [-0.4, -0.2) is 36.3 Å². The number of rotatable bonds is 11. The summed E-state index contributed by atoms with van der Waals surface area (Å²) >= 11 is 0. The van der Waals surface area contributed by atoms with E-state index in [0.29, 0.717) is 6.54 Å². The minimum Gasteiger partial charge on any atom is -0.356 e. The topological polar surface area (TPSA) is 49.4 Å². The zero-order valence-electron chi connectivity index (χ0n) is 15.3. The first-order valence-electron chi connectivity index (χ1n) is 8.82. The van der Waals surface area contributed by atoms with Gasteiger partial charge in [0.25, 0.3) is 0 Å². The van der Waals surface area contributed by atoms with Crippen molar-refractivity contribution in [1.82, 2.24) is 10.2 Å². The van der Waals surface area contributed by atoms with Gasteiger partial charge in [-0.25, -0.2) is 0 Å². The van der Waals surface area contributed by atoms with Crippen molar-refractivity contribution in [2.24, 2.45) is 5.41 Å². The largest absolute Gasteiger partial charge is 0.356 e. The van der Waals surface area contributed by atoms with Gasteiger partial charge >= 0.3 is 0 Å². The molecular formula is C18H36N2O2. The van der Waals surface area contributed by atoms with E-state index in [9.17, 15) is 9.59 Å². The quantitative estimate of drug-likeness (QED) is 0.591. The number of hydrogen-bond donors (Lipinski definition) is 1. The van der Waals surface area contributed by atoms with E-state index in [-0.39, 0.29) is 17.2 Å². The van der Waals surface area contributed by atoms with Gasteiger partial charge in [-0.1, -0.05) is 59.8 Å². The number of hydrogen-bond acceptors (Lipinski definition) is 2. The molecule has 0 rings (SSSR count). The fourth-order valence-corrected chi connectivity index (χ4v) is 2.41. The molecule has 0 fully saturated rings. The third-order valence-electron chi connectivity index (χ3n) is 3.69. The zero-order valence-corrected chi connectivity index (χ0v) is 15.3. The van der Waals surface area contributed by atoms with E-state index < -0.39 is 0 Å². The lowest BCUT2D eigenvalue weighted by Crippen LogP contribution is -2.41. The number of carbonyl (C=O) groups is 2. The third-order valence-corrected chi connectivity index (χ3v) is 3.69. The highest BCUT2D eigenvalue weighted by Gasteiger charge is 2.26. The van der Waals surface area contributed by atoms with Crippen LogP contribution < -0.4 is 5.32 Å². The van der Waals surface area contributed by atoms with Crippen molar-refractivity contribution in [2.75, 3.05) is 19.6 Å². The Balaban J connectivity index is 4.17. The Labute approximate surface area is 137 Å². The summed E-state index contributed by atoms with van der Waals surface area (Å²) in [4.78, 5) is 25.4. The van der Waals surface area contributed by atoms with Crippen molar-refractivity contribution < 1.29 is 9.59 Å². The maximum atomic E-state index is 12.5. The van der Waals surface area contributed by atoms with Gasteiger partial charge in [0, 0.05) is 32.0 Å². The number of unbranched alkanes of at least 4 members (excludes halogenated alkanes) is 5. The highest BCUT2D eigenvalue weighted by Crippen LogP contribution is 2.18. The maximum Gasteiger partial charge on any atom is 0.227 e. The number of amides is 2. The summed E-state index contributed by atoms with van der Waals surface area (Å²) in [5.41, 5.74) is -0.337. The van der Waals surface area contributed by atoms with Gasteiger partial charge in [-0.15, -0.1) is 0 Å². The zero-order chi connectivity index (χ0) is 17.0. The molecule has 0 saturated heterocycles. The minimum atomic E-state index is -0.337. The first kappa shape index (κ1) is 20.9. The van der Waals surface area contributed by atoms with Crippen LogP contribution in [0.2, 0.25) is 0 Å². The summed E-state index contributed by atoms with van der Waals surface area (Å²) in [5.74, 6) is 0.202. The van der Waals surface area contributed by atoms with E-state index in [1.807, 2.05) is 25.7 Å². The van der Waals surface area contributed by atoms with E-state index in [1.54, 1.807) is 0 Å². The van der Waals surface area contributed by atoms with Crippen LogP contribution in [0.1, 0.15) is 79.6 Å². The van der Waals surface area contributed by atoms with Crippen LogP contribution in [0.4, 0.5) is 0 Å². The summed E-state index contributed by atoms with van der Waals surface area (Å²) in [6.07, 6.45) is 8.21. The summed E-state index contributed by atoms with van der Waals surface area (Å²) in [6.45, 7) is 11.9. The molecule has 0 unspecified atom stereocenters. The number of nitrogens with one attached hydrogen (secondary N) is 1. The molecule has 0 aliphatic rings. The van der Waals surface area contributed by atoms with E-state index in [0.717, 1.165) is 25.9 Å². The maximum absolute atomic E-state index is 12.5. The highest BCUT2D eigenvalue weighted by molar-refractivity contribution is 5.81. The Morgan fingerprint density at radius 2 is 1.45 bits per heavy atom. The molecule has 0 aromatic rings. The normalized spacial score (nSPS) is 11.3. The van der Waals surface area contributed by atoms with Gasteiger partial charge < -0.3 is 10.2 Å². The molecule has 0 aromatic carbocycles. The summed E-state index contributed by atoms with van der Waals surface area (Å²) in [7, 11) is 0. The van der Waals surface area contributed by atoms with Gasteiger partial charge in [0.1, 0.15) is 0 Å². The molecule has 0 spiro atoms. The Kier molecular flexibility index (Phi) is 10.9. The summed E-state index contributed by atoms with van der Waals surface area (Å²) in [6, 6.07) is 0. The van der Waals surface area contributed by atoms with Gasteiger partial charge in [-0.2, -0.15) is 0 Å². The van der Waals surface area contributed by atoms with Crippen molar-refractivity contribution in [2.45, 2.75) is 79.6 Å². The molecule has 0 aliphatic carbocycles. The summed E-state index contributed by atoms with van der Waals surface area (Å²) in [5, 5.41) is 2.79. The van der Waals surface area contributed by atoms with Gasteiger partial charge in [0.05, 0.1) is 0 Å². The lowest BCUT2D eigenvalue weighted by Gasteiger charge is -2.29. The summed E-state index contributed by atoms with van der Waals surface area (Å²) < 4.78 is 0. The second-order valence-corrected chi connectivity index (χ2v) is 7.15. The first-order valence-corrected chi connectivity index (χ1v) is 8.82. The predicted octanol–water partition coefficient (Wildman–Crippen LogP) is 3.75. The fourth-order valence-electron chi connectivity index (χ4n) is 2.41. The molecule has 1 N–H and O–H groups in total. The Bertz CT molecular complexity index is 322. The molecule has 130 valence electrons. The van der Waals surface area contributed by atoms with E-state index in [2.05, 4.69) is 12.2 Å². The molecule has 0 aliphatic heterocycles. The fraction of sp³-hybridized carbons (Fsp3) is 0.889. The van der Waals surface area contributed by atoms with Gasteiger partial charge in [-0.3, -0.25) is 9.59 Å². The molecule has 0 heterocycles. The van der Waals surface area contributed by atoms with Crippen molar-refractivity contribution >= 4 is 11.8 Å². The highest BCUT2D eigenvalue weighted by atomic mass is 16.2. The molecule has 0 aromatic heterocycles. The molecule has 22 heavy (non-hydrogen) atoms. The molecular weight excluding hydrogens is 276 g/mol. The van der Waals surface area contributed by atoms with Crippen LogP contribution >= 0.6 is 0 Å². The second-order valence-electron chi connectivity index (χ2n) is 7.15. The monoisotopic (exact) mass is 312 g/mol. The van der Waals surface area contributed by atoms with Crippen LogP contribution in [0.15, 0.2) is 0 Å². The van der Waals surface area contributed by atoms with E-state index >= 15 is 0 Å². The Hall–Kier alpha value is -1.06. The lowest BCUT2D eigenvalue weighted by molar-refractivity contribution is -0.139. The van der Waals surface area contributed by atoms with Crippen molar-refractivity contribution in [3.05, 3.63) is 0 Å². The van der Waals surface area contributed by atoms with Crippen LogP contribution in [0.5, 0.6) is 0 Å². The number of nitrogens with zero attached hydrogens (tertiary/aromatic N) is 1. The molecule has 2 amide bonds. The SMILES string of the molecule is CCCCCCCCN(CCCNC(C)=O)C(=O)C(C)(C)C. The smallest absolute Gasteiger partial charge is 0.227 e. The van der Waals surface area contributed by atoms with E-state index in [1.165, 1.54) is 39.0 Å². The van der Waals surface area contributed by atoms with Crippen LogP contribution in [0.3, 0.4) is 0 Å². The average molecular weight is 312 g/mol. The second kappa shape index (κ2) is 11.5. The van der Waals surface area contributed by atoms with Gasteiger partial charge in [0.2, 0.25) is 11.8 Å². The van der Waals surface area contributed by atoms with Crippen molar-refractivity contribution in [3.8, 4) is 0 Å². The van der Waals surface area contributed by atoms with Crippen LogP contribution in [0, 0.1) is 5.41 Å². The van der Waals surface area contributed by atoms with E-state index in [4.69, 9.17) is 0 Å².